The fraction of sp³-hybridized carbons (Fsp3) is 0.400. The van der Waals surface area contributed by atoms with Gasteiger partial charge in [-0.25, -0.2) is 4.79 Å². The van der Waals surface area contributed by atoms with Gasteiger partial charge in [0.25, 0.3) is 5.91 Å². The van der Waals surface area contributed by atoms with Gasteiger partial charge < -0.3 is 10.1 Å². The van der Waals surface area contributed by atoms with Gasteiger partial charge in [-0.05, 0) is 64.2 Å². The van der Waals surface area contributed by atoms with Crippen LogP contribution in [-0.4, -0.2) is 18.5 Å². The molecule has 0 spiro atoms. The third-order valence-corrected chi connectivity index (χ3v) is 5.57. The van der Waals surface area contributed by atoms with Crippen LogP contribution in [0, 0.1) is 13.8 Å². The Morgan fingerprint density at radius 3 is 2.48 bits per heavy atom. The van der Waals surface area contributed by atoms with Crippen molar-refractivity contribution in [2.24, 2.45) is 0 Å². The SMILES string of the molecule is CCOC(=O)c1c(NC(=O)c2cc(C)cc(C)c2)sc2c1CCCC2. The minimum absolute atomic E-state index is 0.184. The average molecular weight is 357 g/mol. The van der Waals surface area contributed by atoms with Crippen molar-refractivity contribution in [3.05, 3.63) is 50.9 Å². The Balaban J connectivity index is 1.94. The number of anilines is 1. The van der Waals surface area contributed by atoms with Gasteiger partial charge in [0, 0.05) is 10.4 Å². The molecule has 132 valence electrons. The quantitative estimate of drug-likeness (QED) is 0.809. The zero-order chi connectivity index (χ0) is 18.0. The van der Waals surface area contributed by atoms with Gasteiger partial charge in [-0.2, -0.15) is 0 Å². The van der Waals surface area contributed by atoms with E-state index in [1.807, 2.05) is 32.0 Å². The van der Waals surface area contributed by atoms with Crippen molar-refractivity contribution < 1.29 is 14.3 Å². The summed E-state index contributed by atoms with van der Waals surface area (Å²) in [6.45, 7) is 6.06. The number of carbonyl (C=O) groups is 2. The number of amides is 1. The number of thiophene rings is 1. The first-order valence-electron chi connectivity index (χ1n) is 8.71. The molecule has 0 saturated heterocycles. The fourth-order valence-corrected chi connectivity index (χ4v) is 4.63. The Hall–Kier alpha value is -2.14. The summed E-state index contributed by atoms with van der Waals surface area (Å²) in [4.78, 5) is 26.4. The van der Waals surface area contributed by atoms with Crippen molar-refractivity contribution in [2.75, 3.05) is 11.9 Å². The van der Waals surface area contributed by atoms with Gasteiger partial charge in [0.15, 0.2) is 0 Å². The van der Waals surface area contributed by atoms with Crippen LogP contribution in [-0.2, 0) is 17.6 Å². The molecule has 1 aromatic heterocycles. The number of ether oxygens (including phenoxy) is 1. The Bertz CT molecular complexity index is 802. The van der Waals surface area contributed by atoms with E-state index in [-0.39, 0.29) is 11.9 Å². The highest BCUT2D eigenvalue weighted by Crippen LogP contribution is 2.38. The maximum Gasteiger partial charge on any atom is 0.341 e. The van der Waals surface area contributed by atoms with Gasteiger partial charge in [0.1, 0.15) is 5.00 Å². The lowest BCUT2D eigenvalue weighted by molar-refractivity contribution is 0.0526. The summed E-state index contributed by atoms with van der Waals surface area (Å²) in [5.74, 6) is -0.520. The maximum atomic E-state index is 12.7. The molecule has 2 aromatic rings. The third kappa shape index (κ3) is 3.76. The number of aryl methyl sites for hydroxylation is 3. The molecule has 0 unspecified atom stereocenters. The van der Waals surface area contributed by atoms with Crippen molar-refractivity contribution in [2.45, 2.75) is 46.5 Å². The predicted octanol–water partition coefficient (Wildman–Crippen LogP) is 4.67. The van der Waals surface area contributed by atoms with Crippen molar-refractivity contribution in [3.8, 4) is 0 Å². The molecule has 0 atom stereocenters. The first kappa shape index (κ1) is 17.7. The van der Waals surface area contributed by atoms with E-state index in [1.54, 1.807) is 6.92 Å². The summed E-state index contributed by atoms with van der Waals surface area (Å²) < 4.78 is 5.23. The summed E-state index contributed by atoms with van der Waals surface area (Å²) in [6.07, 6.45) is 4.03. The Morgan fingerprint density at radius 1 is 1.12 bits per heavy atom. The Kier molecular flexibility index (Phi) is 5.23. The van der Waals surface area contributed by atoms with Gasteiger partial charge in [-0.15, -0.1) is 11.3 Å². The summed E-state index contributed by atoms with van der Waals surface area (Å²) in [5.41, 5.74) is 4.31. The summed E-state index contributed by atoms with van der Waals surface area (Å²) >= 11 is 1.51. The van der Waals surface area contributed by atoms with E-state index in [1.165, 1.54) is 16.2 Å². The molecule has 0 fully saturated rings. The molecule has 1 aliphatic carbocycles. The van der Waals surface area contributed by atoms with Crippen LogP contribution in [0.5, 0.6) is 0 Å². The number of hydrogen-bond acceptors (Lipinski definition) is 4. The molecule has 25 heavy (non-hydrogen) atoms. The van der Waals surface area contributed by atoms with Gasteiger partial charge in [-0.3, -0.25) is 4.79 Å². The van der Waals surface area contributed by atoms with Crippen LogP contribution >= 0.6 is 11.3 Å². The first-order chi connectivity index (χ1) is 12.0. The van der Waals surface area contributed by atoms with E-state index in [9.17, 15) is 9.59 Å². The molecule has 0 saturated carbocycles. The lowest BCUT2D eigenvalue weighted by Crippen LogP contribution is -2.16. The second kappa shape index (κ2) is 7.40. The lowest BCUT2D eigenvalue weighted by Gasteiger charge is -2.12. The molecule has 1 heterocycles. The molecule has 4 nitrogen and oxygen atoms in total. The van der Waals surface area contributed by atoms with E-state index >= 15 is 0 Å². The van der Waals surface area contributed by atoms with Crippen LogP contribution < -0.4 is 5.32 Å². The summed E-state index contributed by atoms with van der Waals surface area (Å²) in [6, 6.07) is 5.75. The number of carbonyl (C=O) groups excluding carboxylic acids is 2. The van der Waals surface area contributed by atoms with E-state index in [4.69, 9.17) is 4.74 Å². The minimum Gasteiger partial charge on any atom is -0.462 e. The van der Waals surface area contributed by atoms with E-state index < -0.39 is 0 Å². The molecule has 1 amide bonds. The monoisotopic (exact) mass is 357 g/mol. The number of rotatable bonds is 4. The average Bonchev–Trinajstić information content (AvgIpc) is 2.92. The molecule has 3 rings (SSSR count). The number of nitrogens with one attached hydrogen (secondary N) is 1. The van der Waals surface area contributed by atoms with Crippen LogP contribution in [0.3, 0.4) is 0 Å². The number of hydrogen-bond donors (Lipinski definition) is 1. The van der Waals surface area contributed by atoms with Crippen LogP contribution in [0.1, 0.15) is 62.0 Å². The van der Waals surface area contributed by atoms with Crippen molar-refractivity contribution >= 4 is 28.2 Å². The molecule has 0 bridgehead atoms. The molecule has 0 radical (unpaired) electrons. The standard InChI is InChI=1S/C20H23NO3S/c1-4-24-20(23)17-15-7-5-6-8-16(15)25-19(17)21-18(22)14-10-12(2)9-13(3)11-14/h9-11H,4-8H2,1-3H3,(H,21,22). The van der Waals surface area contributed by atoms with Gasteiger partial charge in [0.05, 0.1) is 12.2 Å². The number of esters is 1. The van der Waals surface area contributed by atoms with Gasteiger partial charge in [0.2, 0.25) is 0 Å². The van der Waals surface area contributed by atoms with Crippen molar-refractivity contribution in [1.29, 1.82) is 0 Å². The fourth-order valence-electron chi connectivity index (χ4n) is 3.35. The highest BCUT2D eigenvalue weighted by Gasteiger charge is 2.27. The minimum atomic E-state index is -0.336. The topological polar surface area (TPSA) is 55.4 Å². The molecule has 1 aromatic carbocycles. The molecule has 1 N–H and O–H groups in total. The highest BCUT2D eigenvalue weighted by atomic mass is 32.1. The normalized spacial score (nSPS) is 13.2. The molecule has 5 heteroatoms. The Morgan fingerprint density at radius 2 is 1.80 bits per heavy atom. The summed E-state index contributed by atoms with van der Waals surface area (Å²) in [7, 11) is 0. The maximum absolute atomic E-state index is 12.7. The molecular formula is C20H23NO3S. The van der Waals surface area contributed by atoms with Crippen LogP contribution in [0.25, 0.3) is 0 Å². The number of benzene rings is 1. The van der Waals surface area contributed by atoms with Crippen molar-refractivity contribution in [1.82, 2.24) is 0 Å². The second-order valence-corrected chi connectivity index (χ2v) is 7.57. The highest BCUT2D eigenvalue weighted by molar-refractivity contribution is 7.17. The van der Waals surface area contributed by atoms with E-state index in [0.717, 1.165) is 42.4 Å². The molecule has 1 aliphatic rings. The Labute approximate surface area is 152 Å². The molecular weight excluding hydrogens is 334 g/mol. The van der Waals surface area contributed by atoms with Crippen LogP contribution in [0.2, 0.25) is 0 Å². The summed E-state index contributed by atoms with van der Waals surface area (Å²) in [5, 5.41) is 3.58. The predicted molar refractivity (Wildman–Crippen MR) is 101 cm³/mol. The first-order valence-corrected chi connectivity index (χ1v) is 9.52. The van der Waals surface area contributed by atoms with Crippen LogP contribution in [0.4, 0.5) is 5.00 Å². The molecule has 0 aliphatic heterocycles. The van der Waals surface area contributed by atoms with E-state index in [2.05, 4.69) is 5.32 Å². The number of fused-ring (bicyclic) bond motifs is 1. The lowest BCUT2D eigenvalue weighted by atomic mass is 9.95. The van der Waals surface area contributed by atoms with Crippen LogP contribution in [0.15, 0.2) is 18.2 Å². The largest absolute Gasteiger partial charge is 0.462 e. The second-order valence-electron chi connectivity index (χ2n) is 6.47. The van der Waals surface area contributed by atoms with Gasteiger partial charge >= 0.3 is 5.97 Å². The zero-order valence-corrected chi connectivity index (χ0v) is 15.7. The third-order valence-electron chi connectivity index (χ3n) is 4.36. The smallest absolute Gasteiger partial charge is 0.341 e. The van der Waals surface area contributed by atoms with Gasteiger partial charge in [-0.1, -0.05) is 17.2 Å². The van der Waals surface area contributed by atoms with E-state index in [0.29, 0.717) is 22.7 Å². The zero-order valence-electron chi connectivity index (χ0n) is 14.9. The van der Waals surface area contributed by atoms with Crippen molar-refractivity contribution in [3.63, 3.8) is 0 Å².